The van der Waals surface area contributed by atoms with Crippen molar-refractivity contribution in [2.45, 2.75) is 0 Å². The molecule has 0 spiro atoms. The van der Waals surface area contributed by atoms with Crippen LogP contribution in [0.15, 0.2) is 0 Å². The molecule has 0 unspecified atom stereocenters. The summed E-state index contributed by atoms with van der Waals surface area (Å²) in [6.07, 6.45) is 0. The molecule has 0 saturated carbocycles. The fourth-order valence-electron chi connectivity index (χ4n) is 0.133. The first-order valence-electron chi connectivity index (χ1n) is 1.44. The van der Waals surface area contributed by atoms with E-state index in [4.69, 9.17) is 9.11 Å². The molecular formula is H3NNa2O6S2+2. The molecule has 0 atom stereocenters. The Hall–Kier alpha value is 1.78. The van der Waals surface area contributed by atoms with Gasteiger partial charge in [0.15, 0.2) is 0 Å². The van der Waals surface area contributed by atoms with Crippen LogP contribution in [0.4, 0.5) is 0 Å². The zero-order chi connectivity index (χ0) is 7.71. The van der Waals surface area contributed by atoms with Crippen molar-refractivity contribution in [1.29, 1.82) is 0 Å². The minimum atomic E-state index is -4.87. The first-order valence-corrected chi connectivity index (χ1v) is 4.32. The second kappa shape index (κ2) is 6.27. The van der Waals surface area contributed by atoms with Crippen molar-refractivity contribution < 1.29 is 85.1 Å². The molecule has 56 valence electrons. The van der Waals surface area contributed by atoms with E-state index in [0.29, 0.717) is 4.13 Å². The van der Waals surface area contributed by atoms with Crippen LogP contribution in [0.1, 0.15) is 0 Å². The summed E-state index contributed by atoms with van der Waals surface area (Å²) in [6.45, 7) is 0. The molecule has 0 aromatic heterocycles. The maximum Gasteiger partial charge on any atom is 1.00 e. The fraction of sp³-hybridized carbons (Fsp3) is 0. The van der Waals surface area contributed by atoms with Crippen molar-refractivity contribution in [3.05, 3.63) is 0 Å². The average Bonchev–Trinajstić information content (AvgIpc) is 1.14. The molecule has 0 aliphatic rings. The van der Waals surface area contributed by atoms with Gasteiger partial charge in [-0.2, -0.15) is 16.8 Å². The van der Waals surface area contributed by atoms with Gasteiger partial charge in [0, 0.05) is 0 Å². The van der Waals surface area contributed by atoms with Gasteiger partial charge in [0.2, 0.25) is 0 Å². The molecule has 11 heavy (non-hydrogen) atoms. The Morgan fingerprint density at radius 3 is 1.00 bits per heavy atom. The third kappa shape index (κ3) is 18.6. The summed E-state index contributed by atoms with van der Waals surface area (Å²) in [5.74, 6) is 0. The molecule has 0 saturated heterocycles. The largest absolute Gasteiger partial charge is 1.00 e. The van der Waals surface area contributed by atoms with Crippen molar-refractivity contribution in [3.8, 4) is 0 Å². The molecule has 0 heterocycles. The first-order chi connectivity index (χ1) is 3.71. The monoisotopic (exact) mass is 223 g/mol. The van der Waals surface area contributed by atoms with Crippen molar-refractivity contribution in [2.24, 2.45) is 0 Å². The third-order valence-corrected chi connectivity index (χ3v) is 1.90. The molecule has 0 radical (unpaired) electrons. The number of rotatable bonds is 2. The fourth-order valence-corrected chi connectivity index (χ4v) is 1.20. The van der Waals surface area contributed by atoms with Crippen molar-refractivity contribution in [3.63, 3.8) is 0 Å². The van der Waals surface area contributed by atoms with Crippen LogP contribution in [0.5, 0.6) is 0 Å². The van der Waals surface area contributed by atoms with E-state index in [1.165, 1.54) is 0 Å². The summed E-state index contributed by atoms with van der Waals surface area (Å²) in [5, 5.41) is 0. The predicted octanol–water partition coefficient (Wildman–Crippen LogP) is -7.81. The minimum Gasteiger partial charge on any atom is -0.273 e. The summed E-state index contributed by atoms with van der Waals surface area (Å²) in [7, 11) is -9.74. The van der Waals surface area contributed by atoms with Gasteiger partial charge >= 0.3 is 79.7 Å². The van der Waals surface area contributed by atoms with Gasteiger partial charge in [0.1, 0.15) is 0 Å². The molecule has 7 nitrogen and oxygen atoms in total. The van der Waals surface area contributed by atoms with Gasteiger partial charge < -0.3 is 0 Å². The van der Waals surface area contributed by atoms with Crippen LogP contribution in [0.3, 0.4) is 0 Å². The minimum absolute atomic E-state index is 0. The molecule has 11 heteroatoms. The SMILES string of the molecule is O=S(=O)(O)NS(=O)(=O)O.[Na+].[Na+]. The van der Waals surface area contributed by atoms with Crippen LogP contribution in [0.2, 0.25) is 0 Å². The Labute approximate surface area is 108 Å². The van der Waals surface area contributed by atoms with E-state index in [-0.39, 0.29) is 59.1 Å². The molecule has 3 N–H and O–H groups in total. The van der Waals surface area contributed by atoms with Gasteiger partial charge in [0.05, 0.1) is 0 Å². The van der Waals surface area contributed by atoms with Crippen LogP contribution in [0.25, 0.3) is 0 Å². The zero-order valence-corrected chi connectivity index (χ0v) is 11.5. The Balaban J connectivity index is -0.000000320. The molecule has 0 aliphatic heterocycles. The predicted molar refractivity (Wildman–Crippen MR) is 26.2 cm³/mol. The van der Waals surface area contributed by atoms with Crippen LogP contribution in [-0.4, -0.2) is 25.9 Å². The quantitative estimate of drug-likeness (QED) is 0.316. The van der Waals surface area contributed by atoms with Crippen molar-refractivity contribution >= 4 is 20.6 Å². The first kappa shape index (κ1) is 18.5. The summed E-state index contributed by atoms with van der Waals surface area (Å²) >= 11 is 0. The van der Waals surface area contributed by atoms with Gasteiger partial charge in [0.25, 0.3) is 0 Å². The van der Waals surface area contributed by atoms with Gasteiger partial charge in [-0.3, -0.25) is 9.11 Å². The molecule has 0 fully saturated rings. The van der Waals surface area contributed by atoms with Crippen LogP contribution in [-0.2, 0) is 20.6 Å². The Morgan fingerprint density at radius 1 is 0.818 bits per heavy atom. The van der Waals surface area contributed by atoms with Crippen molar-refractivity contribution in [2.75, 3.05) is 0 Å². The van der Waals surface area contributed by atoms with E-state index in [0.717, 1.165) is 0 Å². The van der Waals surface area contributed by atoms with E-state index < -0.39 is 20.6 Å². The van der Waals surface area contributed by atoms with Crippen LogP contribution in [0, 0.1) is 0 Å². The van der Waals surface area contributed by atoms with Crippen molar-refractivity contribution in [1.82, 2.24) is 4.13 Å². The normalized spacial score (nSPS) is 11.1. The topological polar surface area (TPSA) is 121 Å². The molecule has 0 bridgehead atoms. The maximum absolute atomic E-state index is 9.55. The summed E-state index contributed by atoms with van der Waals surface area (Å²) in [4.78, 5) is 0. The smallest absolute Gasteiger partial charge is 0.273 e. The Kier molecular flexibility index (Phi) is 10.6. The molecule has 0 aliphatic carbocycles. The van der Waals surface area contributed by atoms with Gasteiger partial charge in [-0.25, -0.2) is 0 Å². The van der Waals surface area contributed by atoms with Gasteiger partial charge in [-0.15, -0.1) is 0 Å². The summed E-state index contributed by atoms with van der Waals surface area (Å²) in [6, 6.07) is 0. The van der Waals surface area contributed by atoms with E-state index in [9.17, 15) is 16.8 Å². The van der Waals surface area contributed by atoms with Crippen LogP contribution < -0.4 is 63.2 Å². The summed E-state index contributed by atoms with van der Waals surface area (Å²) in [5.41, 5.74) is 0. The number of hydrogen-bond donors (Lipinski definition) is 3. The van der Waals surface area contributed by atoms with E-state index >= 15 is 0 Å². The number of hydrogen-bond acceptors (Lipinski definition) is 4. The van der Waals surface area contributed by atoms with Crippen LogP contribution >= 0.6 is 0 Å². The molecule has 0 aromatic carbocycles. The molecular weight excluding hydrogens is 220 g/mol. The Bertz CT molecular complexity index is 244. The standard InChI is InChI=1S/H3NO6S2.2Na/c2-8(3,4)1-9(5,6)7;;/h1H,(H,2,3,4)(H,5,6,7);;/q;2*+1. The Morgan fingerprint density at radius 2 is 1.00 bits per heavy atom. The van der Waals surface area contributed by atoms with E-state index in [1.54, 1.807) is 0 Å². The van der Waals surface area contributed by atoms with E-state index in [2.05, 4.69) is 0 Å². The average molecular weight is 223 g/mol. The second-order valence-corrected chi connectivity index (χ2v) is 3.60. The second-order valence-electron chi connectivity index (χ2n) is 1.03. The molecule has 0 aromatic rings. The molecule has 0 amide bonds. The zero-order valence-electron chi connectivity index (χ0n) is 5.84. The number of nitrogens with one attached hydrogen (secondary N) is 1. The summed E-state index contributed by atoms with van der Waals surface area (Å²) < 4.78 is 54.1. The third-order valence-electron chi connectivity index (χ3n) is 0.211. The van der Waals surface area contributed by atoms with Gasteiger partial charge in [-0.05, 0) is 0 Å². The molecule has 0 rings (SSSR count). The van der Waals surface area contributed by atoms with Gasteiger partial charge in [-0.1, -0.05) is 4.13 Å². The van der Waals surface area contributed by atoms with E-state index in [1.807, 2.05) is 0 Å². The maximum atomic E-state index is 9.55.